The molecule has 2 atom stereocenters. The molecule has 2 unspecified atom stereocenters. The average molecular weight is 303 g/mol. The molecule has 2 nitrogen and oxygen atoms in total. The Labute approximate surface area is 131 Å². The molecular weight excluding hydrogens is 280 g/mol. The summed E-state index contributed by atoms with van der Waals surface area (Å²) in [6.07, 6.45) is 8.27. The third-order valence-electron chi connectivity index (χ3n) is 4.64. The molecule has 1 fully saturated rings. The van der Waals surface area contributed by atoms with Crippen molar-refractivity contribution in [3.63, 3.8) is 0 Å². The highest BCUT2D eigenvalue weighted by Crippen LogP contribution is 2.35. The van der Waals surface area contributed by atoms with Crippen molar-refractivity contribution in [3.8, 4) is 0 Å². The van der Waals surface area contributed by atoms with E-state index in [4.69, 9.17) is 11.6 Å². The van der Waals surface area contributed by atoms with Gasteiger partial charge in [-0.2, -0.15) is 0 Å². The first-order chi connectivity index (χ1) is 10.1. The van der Waals surface area contributed by atoms with E-state index in [-0.39, 0.29) is 0 Å². The quantitative estimate of drug-likeness (QED) is 0.733. The Morgan fingerprint density at radius 2 is 2.10 bits per heavy atom. The lowest BCUT2D eigenvalue weighted by Gasteiger charge is -2.21. The van der Waals surface area contributed by atoms with Crippen molar-refractivity contribution in [1.82, 2.24) is 4.98 Å². The molecule has 1 aromatic heterocycles. The fraction of sp³-hybridized carbons (Fsp3) is 0.500. The number of pyridine rings is 1. The predicted molar refractivity (Wildman–Crippen MR) is 91.1 cm³/mol. The molecule has 0 bridgehead atoms. The summed E-state index contributed by atoms with van der Waals surface area (Å²) in [6.45, 7) is 4.43. The SMILES string of the molecule is Cc1cc(Cl)c(NC2CCCC(C)CC2)c2cccnc12. The van der Waals surface area contributed by atoms with Gasteiger partial charge in [0, 0.05) is 17.6 Å². The highest BCUT2D eigenvalue weighted by molar-refractivity contribution is 6.35. The molecule has 0 amide bonds. The minimum Gasteiger partial charge on any atom is -0.381 e. The highest BCUT2D eigenvalue weighted by Gasteiger charge is 2.18. The van der Waals surface area contributed by atoms with Gasteiger partial charge in [-0.15, -0.1) is 0 Å². The van der Waals surface area contributed by atoms with E-state index in [1.807, 2.05) is 18.3 Å². The van der Waals surface area contributed by atoms with E-state index in [1.165, 1.54) is 32.1 Å². The van der Waals surface area contributed by atoms with Crippen LogP contribution in [-0.2, 0) is 0 Å². The number of hydrogen-bond acceptors (Lipinski definition) is 2. The number of anilines is 1. The fourth-order valence-electron chi connectivity index (χ4n) is 3.36. The number of rotatable bonds is 2. The lowest BCUT2D eigenvalue weighted by molar-refractivity contribution is 0.502. The Morgan fingerprint density at radius 1 is 1.24 bits per heavy atom. The Morgan fingerprint density at radius 3 is 2.95 bits per heavy atom. The van der Waals surface area contributed by atoms with E-state index in [2.05, 4.69) is 30.2 Å². The van der Waals surface area contributed by atoms with Crippen LogP contribution in [0.25, 0.3) is 10.9 Å². The van der Waals surface area contributed by atoms with Crippen LogP contribution in [0, 0.1) is 12.8 Å². The molecule has 1 aliphatic carbocycles. The molecule has 0 radical (unpaired) electrons. The summed E-state index contributed by atoms with van der Waals surface area (Å²) in [7, 11) is 0. The van der Waals surface area contributed by atoms with Crippen LogP contribution in [0.3, 0.4) is 0 Å². The average Bonchev–Trinajstić information content (AvgIpc) is 2.68. The van der Waals surface area contributed by atoms with Crippen molar-refractivity contribution in [2.45, 2.75) is 52.0 Å². The lowest BCUT2D eigenvalue weighted by Crippen LogP contribution is -2.19. The first kappa shape index (κ1) is 14.6. The molecule has 2 aromatic rings. The molecule has 112 valence electrons. The van der Waals surface area contributed by atoms with Crippen LogP contribution >= 0.6 is 11.6 Å². The van der Waals surface area contributed by atoms with Crippen LogP contribution in [0.1, 0.15) is 44.6 Å². The second-order valence-corrected chi connectivity index (χ2v) is 6.81. The van der Waals surface area contributed by atoms with Gasteiger partial charge >= 0.3 is 0 Å². The zero-order valence-electron chi connectivity index (χ0n) is 12.8. The first-order valence-electron chi connectivity index (χ1n) is 7.95. The summed E-state index contributed by atoms with van der Waals surface area (Å²) in [5, 5.41) is 5.66. The molecule has 0 saturated heterocycles. The standard InChI is InChI=1S/C18H23ClN2/c1-12-5-3-6-14(9-8-12)21-18-15-7-4-10-20-17(15)13(2)11-16(18)19/h4,7,10-12,14,21H,3,5-6,8-9H2,1-2H3. The lowest BCUT2D eigenvalue weighted by atomic mass is 10.0. The van der Waals surface area contributed by atoms with E-state index in [0.717, 1.165) is 33.1 Å². The maximum Gasteiger partial charge on any atom is 0.0752 e. The molecule has 1 aromatic carbocycles. The summed E-state index contributed by atoms with van der Waals surface area (Å²) < 4.78 is 0. The van der Waals surface area contributed by atoms with Gasteiger partial charge in [0.15, 0.2) is 0 Å². The highest BCUT2D eigenvalue weighted by atomic mass is 35.5. The number of hydrogen-bond donors (Lipinski definition) is 1. The predicted octanol–water partition coefficient (Wildman–Crippen LogP) is 5.58. The maximum atomic E-state index is 6.51. The van der Waals surface area contributed by atoms with Gasteiger partial charge in [0.2, 0.25) is 0 Å². The number of nitrogens with zero attached hydrogens (tertiary/aromatic N) is 1. The fourth-order valence-corrected chi connectivity index (χ4v) is 3.68. The second kappa shape index (κ2) is 6.23. The number of aryl methyl sites for hydroxylation is 1. The van der Waals surface area contributed by atoms with Crippen molar-refractivity contribution >= 4 is 28.2 Å². The van der Waals surface area contributed by atoms with Crippen molar-refractivity contribution in [3.05, 3.63) is 35.0 Å². The third-order valence-corrected chi connectivity index (χ3v) is 4.94. The molecule has 21 heavy (non-hydrogen) atoms. The number of benzene rings is 1. The summed E-state index contributed by atoms with van der Waals surface area (Å²) in [4.78, 5) is 4.51. The summed E-state index contributed by atoms with van der Waals surface area (Å²) in [6, 6.07) is 6.65. The van der Waals surface area contributed by atoms with Crippen molar-refractivity contribution in [2.75, 3.05) is 5.32 Å². The number of aromatic nitrogens is 1. The normalized spacial score (nSPS) is 23.0. The van der Waals surface area contributed by atoms with Gasteiger partial charge in [0.1, 0.15) is 0 Å². The monoisotopic (exact) mass is 302 g/mol. The van der Waals surface area contributed by atoms with Gasteiger partial charge in [-0.1, -0.05) is 31.4 Å². The molecule has 1 heterocycles. The molecule has 0 spiro atoms. The smallest absolute Gasteiger partial charge is 0.0752 e. The van der Waals surface area contributed by atoms with Crippen LogP contribution in [0.2, 0.25) is 5.02 Å². The van der Waals surface area contributed by atoms with Crippen molar-refractivity contribution in [1.29, 1.82) is 0 Å². The van der Waals surface area contributed by atoms with Gasteiger partial charge in [-0.3, -0.25) is 4.98 Å². The van der Waals surface area contributed by atoms with E-state index in [1.54, 1.807) is 0 Å². The summed E-state index contributed by atoms with van der Waals surface area (Å²) >= 11 is 6.51. The summed E-state index contributed by atoms with van der Waals surface area (Å²) in [5.74, 6) is 0.851. The molecule has 3 rings (SSSR count). The minimum atomic E-state index is 0.526. The van der Waals surface area contributed by atoms with Crippen molar-refractivity contribution < 1.29 is 0 Å². The molecular formula is C18H23ClN2. The third kappa shape index (κ3) is 3.16. The van der Waals surface area contributed by atoms with Crippen molar-refractivity contribution in [2.24, 2.45) is 5.92 Å². The number of halogens is 1. The maximum absolute atomic E-state index is 6.51. The van der Waals surface area contributed by atoms with E-state index in [0.29, 0.717) is 6.04 Å². The van der Waals surface area contributed by atoms with E-state index < -0.39 is 0 Å². The van der Waals surface area contributed by atoms with Crippen LogP contribution in [-0.4, -0.2) is 11.0 Å². The molecule has 3 heteroatoms. The number of fused-ring (bicyclic) bond motifs is 1. The Balaban J connectivity index is 1.93. The second-order valence-electron chi connectivity index (χ2n) is 6.40. The van der Waals surface area contributed by atoms with Gasteiger partial charge < -0.3 is 5.32 Å². The van der Waals surface area contributed by atoms with E-state index in [9.17, 15) is 0 Å². The Kier molecular flexibility index (Phi) is 4.34. The molecule has 1 aliphatic rings. The van der Waals surface area contributed by atoms with Crippen LogP contribution < -0.4 is 5.32 Å². The van der Waals surface area contributed by atoms with Gasteiger partial charge in [0.25, 0.3) is 0 Å². The summed E-state index contributed by atoms with van der Waals surface area (Å²) in [5.41, 5.74) is 3.24. The largest absolute Gasteiger partial charge is 0.381 e. The number of nitrogens with one attached hydrogen (secondary N) is 1. The van der Waals surface area contributed by atoms with Gasteiger partial charge in [-0.05, 0) is 55.9 Å². The first-order valence-corrected chi connectivity index (χ1v) is 8.33. The zero-order valence-corrected chi connectivity index (χ0v) is 13.6. The van der Waals surface area contributed by atoms with Gasteiger partial charge in [0.05, 0.1) is 16.2 Å². The Hall–Kier alpha value is -1.28. The molecule has 1 N–H and O–H groups in total. The van der Waals surface area contributed by atoms with Gasteiger partial charge in [-0.25, -0.2) is 0 Å². The Bertz CT molecular complexity index is 638. The molecule has 1 saturated carbocycles. The van der Waals surface area contributed by atoms with Crippen LogP contribution in [0.5, 0.6) is 0 Å². The minimum absolute atomic E-state index is 0.526. The zero-order chi connectivity index (χ0) is 14.8. The van der Waals surface area contributed by atoms with E-state index >= 15 is 0 Å². The van der Waals surface area contributed by atoms with Crippen LogP contribution in [0.15, 0.2) is 24.4 Å². The molecule has 0 aliphatic heterocycles. The topological polar surface area (TPSA) is 24.9 Å². The van der Waals surface area contributed by atoms with Crippen LogP contribution in [0.4, 0.5) is 5.69 Å².